The van der Waals surface area contributed by atoms with Crippen LogP contribution in [0.1, 0.15) is 51.3 Å². The topological polar surface area (TPSA) is 154 Å². The van der Waals surface area contributed by atoms with Crippen LogP contribution in [-0.2, 0) is 25.6 Å². The molecule has 4 amide bonds. The van der Waals surface area contributed by atoms with Gasteiger partial charge in [0.25, 0.3) is 5.56 Å². The fourth-order valence-corrected chi connectivity index (χ4v) is 6.21. The number of fused-ring (bicyclic) bond motifs is 2. The summed E-state index contributed by atoms with van der Waals surface area (Å²) in [6, 6.07) is 1.35. The molecule has 1 unspecified atom stereocenters. The molecule has 1 saturated carbocycles. The molecule has 1 aliphatic heterocycles. The van der Waals surface area contributed by atoms with Crippen molar-refractivity contribution in [3.8, 4) is 0 Å². The van der Waals surface area contributed by atoms with Crippen LogP contribution in [-0.4, -0.2) is 64.4 Å². The summed E-state index contributed by atoms with van der Waals surface area (Å²) in [4.78, 5) is 68.6. The molecule has 4 rings (SSSR count). The molecule has 2 aliphatic rings. The summed E-state index contributed by atoms with van der Waals surface area (Å²) < 4.78 is 39.3. The number of benzene rings is 1. The van der Waals surface area contributed by atoms with Crippen LogP contribution >= 0.6 is 0 Å². The minimum Gasteiger partial charge on any atom is -0.368 e. The number of aromatic amines is 1. The molecule has 1 aliphatic carbocycles. The van der Waals surface area contributed by atoms with Gasteiger partial charge in [-0.2, -0.15) is 13.2 Å². The second-order valence-corrected chi connectivity index (χ2v) is 13.5. The highest BCUT2D eigenvalue weighted by Crippen LogP contribution is 2.65. The quantitative estimate of drug-likeness (QED) is 0.381. The molecule has 2 fully saturated rings. The van der Waals surface area contributed by atoms with Crippen LogP contribution in [0.3, 0.4) is 0 Å². The van der Waals surface area contributed by atoms with Gasteiger partial charge in [-0.15, -0.1) is 0 Å². The molecule has 1 aromatic carbocycles. The zero-order valence-corrected chi connectivity index (χ0v) is 25.2. The lowest BCUT2D eigenvalue weighted by molar-refractivity contribution is -0.176. The van der Waals surface area contributed by atoms with Crippen molar-refractivity contribution in [1.82, 2.24) is 20.5 Å². The largest absolute Gasteiger partial charge is 0.471 e. The Balaban J connectivity index is 1.61. The van der Waals surface area contributed by atoms with E-state index in [4.69, 9.17) is 5.73 Å². The summed E-state index contributed by atoms with van der Waals surface area (Å²) in [5, 5.41) is 5.13. The van der Waals surface area contributed by atoms with Gasteiger partial charge in [0.15, 0.2) is 0 Å². The summed E-state index contributed by atoms with van der Waals surface area (Å²) in [7, 11) is 0. The van der Waals surface area contributed by atoms with Gasteiger partial charge in [-0.3, -0.25) is 24.0 Å². The number of aryl methyl sites for hydroxylation is 2. The van der Waals surface area contributed by atoms with Crippen LogP contribution in [0.4, 0.5) is 13.2 Å². The number of pyridine rings is 1. The number of nitrogens with one attached hydrogen (secondary N) is 3. The molecule has 2 heterocycles. The first-order chi connectivity index (χ1) is 19.6. The average Bonchev–Trinajstić information content (AvgIpc) is 3.19. The second kappa shape index (κ2) is 10.7. The number of hydrogen-bond acceptors (Lipinski definition) is 5. The Bertz CT molecular complexity index is 1560. The maximum absolute atomic E-state index is 13.8. The molecule has 234 valence electrons. The van der Waals surface area contributed by atoms with E-state index in [1.807, 2.05) is 39.8 Å². The van der Waals surface area contributed by atoms with Crippen molar-refractivity contribution in [3.05, 3.63) is 45.2 Å². The number of carbonyl (C=O) groups excluding carboxylic acids is 4. The highest BCUT2D eigenvalue weighted by Gasteiger charge is 2.70. The number of aromatic nitrogens is 1. The molecule has 1 aromatic heterocycles. The number of nitrogens with two attached hydrogens (primary N) is 1. The summed E-state index contributed by atoms with van der Waals surface area (Å²) in [6.45, 7) is 12.3. The van der Waals surface area contributed by atoms with Gasteiger partial charge in [-0.1, -0.05) is 34.6 Å². The van der Waals surface area contributed by atoms with Gasteiger partial charge >= 0.3 is 12.1 Å². The standard InChI is InChI=1S/C30H38F3N5O5/c1-13-8-15-10-16(24(40)35-18(15)9-14(13)2)11-19(23(34)39)36-25(41)21-20-17(29(20,6)7)12-38(21)26(42)22(28(3,4)5)37-27(43)30(31,32)33/h8-10,17,19-22H,11-12H2,1-7H3,(H2,34,39)(H,35,40)(H,36,41)(H,37,43)/t17-,19?,20-,21-,22+/m0/s1. The molecule has 5 N–H and O–H groups in total. The molecule has 0 bridgehead atoms. The number of amides is 4. The molecule has 0 radical (unpaired) electrons. The van der Waals surface area contributed by atoms with E-state index in [9.17, 15) is 37.1 Å². The lowest BCUT2D eigenvalue weighted by Gasteiger charge is -2.38. The van der Waals surface area contributed by atoms with Crippen molar-refractivity contribution in [2.24, 2.45) is 28.4 Å². The summed E-state index contributed by atoms with van der Waals surface area (Å²) in [5.74, 6) is -5.16. The number of alkyl halides is 3. The van der Waals surface area contributed by atoms with Crippen molar-refractivity contribution < 1.29 is 32.3 Å². The summed E-state index contributed by atoms with van der Waals surface area (Å²) in [5.41, 5.74) is 6.53. The fraction of sp³-hybridized carbons (Fsp3) is 0.567. The highest BCUT2D eigenvalue weighted by atomic mass is 19.4. The van der Waals surface area contributed by atoms with Crippen molar-refractivity contribution in [2.75, 3.05) is 6.54 Å². The van der Waals surface area contributed by atoms with E-state index in [1.54, 1.807) is 11.4 Å². The number of primary amides is 1. The number of nitrogens with zero attached hydrogens (tertiary/aromatic N) is 1. The Morgan fingerprint density at radius 3 is 2.23 bits per heavy atom. The fourth-order valence-electron chi connectivity index (χ4n) is 6.21. The SMILES string of the molecule is Cc1cc2cc(CC(NC(=O)[C@@H]3[C@@H]4[C@H](CN3C(=O)[C@@H](NC(=O)C(F)(F)F)C(C)(C)C)C4(C)C)C(N)=O)c(=O)[nH]c2cc1C. The van der Waals surface area contributed by atoms with E-state index in [-0.39, 0.29) is 35.8 Å². The molecule has 2 aromatic rings. The third kappa shape index (κ3) is 6.12. The zero-order chi connectivity index (χ0) is 32.4. The van der Waals surface area contributed by atoms with Crippen LogP contribution < -0.4 is 21.9 Å². The summed E-state index contributed by atoms with van der Waals surface area (Å²) in [6.07, 6.45) is -5.42. The Hall–Kier alpha value is -3.90. The van der Waals surface area contributed by atoms with E-state index in [0.29, 0.717) is 5.52 Å². The van der Waals surface area contributed by atoms with E-state index >= 15 is 0 Å². The lowest BCUT2D eigenvalue weighted by atomic mass is 9.85. The normalized spacial score (nSPS) is 22.5. The smallest absolute Gasteiger partial charge is 0.368 e. The van der Waals surface area contributed by atoms with Crippen molar-refractivity contribution in [1.29, 1.82) is 0 Å². The first kappa shape index (κ1) is 32.0. The van der Waals surface area contributed by atoms with Crippen molar-refractivity contribution in [3.63, 3.8) is 0 Å². The third-order valence-electron chi connectivity index (χ3n) is 9.03. The van der Waals surface area contributed by atoms with Crippen molar-refractivity contribution in [2.45, 2.75) is 79.2 Å². The Kier molecular flexibility index (Phi) is 7.95. The average molecular weight is 606 g/mol. The maximum Gasteiger partial charge on any atom is 0.471 e. The van der Waals surface area contributed by atoms with Crippen LogP contribution in [0.2, 0.25) is 0 Å². The number of H-pyrrole nitrogens is 1. The number of halogens is 3. The van der Waals surface area contributed by atoms with Crippen LogP contribution in [0.25, 0.3) is 10.9 Å². The predicted molar refractivity (Wildman–Crippen MR) is 153 cm³/mol. The third-order valence-corrected chi connectivity index (χ3v) is 9.03. The van der Waals surface area contributed by atoms with Crippen LogP contribution in [0.5, 0.6) is 0 Å². The van der Waals surface area contributed by atoms with E-state index < -0.39 is 58.9 Å². The number of carbonyl (C=O) groups is 4. The lowest BCUT2D eigenvalue weighted by Crippen LogP contribution is -2.61. The van der Waals surface area contributed by atoms with E-state index in [1.165, 1.54) is 25.7 Å². The predicted octanol–water partition coefficient (Wildman–Crippen LogP) is 2.23. The minimum atomic E-state index is -5.21. The molecular weight excluding hydrogens is 567 g/mol. The number of piperidine rings is 1. The Labute approximate surface area is 246 Å². The first-order valence-electron chi connectivity index (χ1n) is 14.1. The van der Waals surface area contributed by atoms with E-state index in [0.717, 1.165) is 16.5 Å². The second-order valence-electron chi connectivity index (χ2n) is 13.5. The first-order valence-corrected chi connectivity index (χ1v) is 14.1. The zero-order valence-electron chi connectivity index (χ0n) is 25.2. The summed E-state index contributed by atoms with van der Waals surface area (Å²) >= 11 is 0. The molecular formula is C30H38F3N5O5. The number of hydrogen-bond donors (Lipinski definition) is 4. The van der Waals surface area contributed by atoms with Crippen LogP contribution in [0.15, 0.2) is 23.0 Å². The van der Waals surface area contributed by atoms with Crippen molar-refractivity contribution >= 4 is 34.5 Å². The van der Waals surface area contributed by atoms with Gasteiger partial charge in [0.1, 0.15) is 18.1 Å². The Morgan fingerprint density at radius 2 is 1.67 bits per heavy atom. The molecule has 13 heteroatoms. The highest BCUT2D eigenvalue weighted by molar-refractivity contribution is 5.96. The van der Waals surface area contributed by atoms with E-state index in [2.05, 4.69) is 10.3 Å². The van der Waals surface area contributed by atoms with Gasteiger partial charge < -0.3 is 26.3 Å². The van der Waals surface area contributed by atoms with Gasteiger partial charge in [-0.25, -0.2) is 0 Å². The number of likely N-dealkylation sites (tertiary alicyclic amines) is 1. The molecule has 10 nitrogen and oxygen atoms in total. The van der Waals surface area contributed by atoms with Gasteiger partial charge in [0.2, 0.25) is 17.7 Å². The molecule has 5 atom stereocenters. The van der Waals surface area contributed by atoms with Gasteiger partial charge in [0.05, 0.1) is 0 Å². The van der Waals surface area contributed by atoms with Gasteiger partial charge in [-0.05, 0) is 71.2 Å². The molecule has 0 spiro atoms. The molecule has 43 heavy (non-hydrogen) atoms. The molecule has 1 saturated heterocycles. The number of rotatable bonds is 7. The van der Waals surface area contributed by atoms with Gasteiger partial charge in [0, 0.05) is 24.0 Å². The maximum atomic E-state index is 13.8. The Morgan fingerprint density at radius 1 is 1.07 bits per heavy atom. The van der Waals surface area contributed by atoms with Crippen LogP contribution in [0, 0.1) is 36.5 Å². The monoisotopic (exact) mass is 605 g/mol. The minimum absolute atomic E-state index is 0.0907.